The quantitative estimate of drug-likeness (QED) is 0.571. The molecular formula is C14H23NO5. The molecule has 6 heteroatoms. The number of carbonyl (C=O) groups excluding carboxylic acids is 3. The van der Waals surface area contributed by atoms with E-state index in [0.29, 0.717) is 6.54 Å². The van der Waals surface area contributed by atoms with E-state index >= 15 is 0 Å². The summed E-state index contributed by atoms with van der Waals surface area (Å²) in [4.78, 5) is 37.0. The molecule has 6 nitrogen and oxygen atoms in total. The van der Waals surface area contributed by atoms with Crippen LogP contribution in [0.2, 0.25) is 0 Å². The predicted octanol–water partition coefficient (Wildman–Crippen LogP) is 1.77. The van der Waals surface area contributed by atoms with Gasteiger partial charge in [0.15, 0.2) is 0 Å². The monoisotopic (exact) mass is 285 g/mol. The Morgan fingerprint density at radius 1 is 1.30 bits per heavy atom. The van der Waals surface area contributed by atoms with Gasteiger partial charge < -0.3 is 14.4 Å². The number of Topliss-reactive ketones (excluding diaryl/α,β-unsaturated/α-hetero) is 1. The van der Waals surface area contributed by atoms with Crippen LogP contribution in [0.1, 0.15) is 40.5 Å². The molecule has 20 heavy (non-hydrogen) atoms. The molecule has 1 amide bonds. The Hall–Kier alpha value is -1.59. The summed E-state index contributed by atoms with van der Waals surface area (Å²) in [6.07, 6.45) is -0.00517. The van der Waals surface area contributed by atoms with E-state index < -0.39 is 23.6 Å². The number of amides is 1. The SMILES string of the molecule is CCOC(=O)[C@H]1CCN(C(=O)OC(C)(C)C)CCC1=O. The van der Waals surface area contributed by atoms with Gasteiger partial charge in [0.2, 0.25) is 0 Å². The minimum atomic E-state index is -0.762. The molecule has 0 spiro atoms. The number of rotatable bonds is 2. The highest BCUT2D eigenvalue weighted by atomic mass is 16.6. The van der Waals surface area contributed by atoms with E-state index in [1.54, 1.807) is 27.7 Å². The summed E-state index contributed by atoms with van der Waals surface area (Å²) in [7, 11) is 0. The lowest BCUT2D eigenvalue weighted by Crippen LogP contribution is -2.37. The third kappa shape index (κ3) is 4.83. The molecule has 0 aromatic heterocycles. The molecule has 1 aliphatic heterocycles. The molecule has 0 unspecified atom stereocenters. The largest absolute Gasteiger partial charge is 0.465 e. The van der Waals surface area contributed by atoms with Crippen LogP contribution in [0.25, 0.3) is 0 Å². The maximum atomic E-state index is 12.0. The molecule has 1 heterocycles. The van der Waals surface area contributed by atoms with Gasteiger partial charge in [-0.15, -0.1) is 0 Å². The van der Waals surface area contributed by atoms with Crippen molar-refractivity contribution in [3.8, 4) is 0 Å². The third-order valence-corrected chi connectivity index (χ3v) is 2.93. The van der Waals surface area contributed by atoms with Crippen molar-refractivity contribution < 1.29 is 23.9 Å². The summed E-state index contributed by atoms with van der Waals surface area (Å²) in [5.74, 6) is -1.43. The first kappa shape index (κ1) is 16.5. The molecule has 0 aromatic carbocycles. The summed E-state index contributed by atoms with van der Waals surface area (Å²) in [5.41, 5.74) is -0.575. The molecule has 1 saturated heterocycles. The third-order valence-electron chi connectivity index (χ3n) is 2.93. The molecule has 0 radical (unpaired) electrons. The lowest BCUT2D eigenvalue weighted by molar-refractivity contribution is -0.151. The van der Waals surface area contributed by atoms with Crippen molar-refractivity contribution in [3.05, 3.63) is 0 Å². The number of ketones is 1. The second-order valence-electron chi connectivity index (χ2n) is 5.78. The van der Waals surface area contributed by atoms with Gasteiger partial charge >= 0.3 is 12.1 Å². The minimum absolute atomic E-state index is 0.155. The van der Waals surface area contributed by atoms with Crippen LogP contribution in [0.3, 0.4) is 0 Å². The molecule has 0 N–H and O–H groups in total. The van der Waals surface area contributed by atoms with Crippen LogP contribution in [-0.4, -0.2) is 48.0 Å². The molecular weight excluding hydrogens is 262 g/mol. The smallest absolute Gasteiger partial charge is 0.410 e. The van der Waals surface area contributed by atoms with Gasteiger partial charge in [-0.3, -0.25) is 9.59 Å². The van der Waals surface area contributed by atoms with E-state index in [-0.39, 0.29) is 31.8 Å². The topological polar surface area (TPSA) is 72.9 Å². The minimum Gasteiger partial charge on any atom is -0.465 e. The number of likely N-dealkylation sites (tertiary alicyclic amines) is 1. The zero-order valence-corrected chi connectivity index (χ0v) is 12.6. The fraction of sp³-hybridized carbons (Fsp3) is 0.786. The first-order valence-corrected chi connectivity index (χ1v) is 6.92. The van der Waals surface area contributed by atoms with Gasteiger partial charge in [0, 0.05) is 19.5 Å². The van der Waals surface area contributed by atoms with Crippen molar-refractivity contribution in [2.45, 2.75) is 46.1 Å². The lowest BCUT2D eigenvalue weighted by atomic mass is 10.00. The zero-order valence-electron chi connectivity index (χ0n) is 12.6. The van der Waals surface area contributed by atoms with Gasteiger partial charge in [0.1, 0.15) is 17.3 Å². The number of carbonyl (C=O) groups is 3. The van der Waals surface area contributed by atoms with E-state index in [1.165, 1.54) is 4.90 Å². The fourth-order valence-corrected chi connectivity index (χ4v) is 1.98. The Bertz CT molecular complexity index is 386. The van der Waals surface area contributed by atoms with Gasteiger partial charge in [0.25, 0.3) is 0 Å². The second-order valence-corrected chi connectivity index (χ2v) is 5.78. The van der Waals surface area contributed by atoms with Crippen molar-refractivity contribution in [3.63, 3.8) is 0 Å². The number of esters is 1. The van der Waals surface area contributed by atoms with Gasteiger partial charge in [-0.1, -0.05) is 0 Å². The van der Waals surface area contributed by atoms with Crippen LogP contribution in [0.5, 0.6) is 0 Å². The van der Waals surface area contributed by atoms with Crippen molar-refractivity contribution in [1.29, 1.82) is 0 Å². The van der Waals surface area contributed by atoms with Crippen molar-refractivity contribution in [2.24, 2.45) is 5.92 Å². The van der Waals surface area contributed by atoms with Crippen LogP contribution in [0.15, 0.2) is 0 Å². The fourth-order valence-electron chi connectivity index (χ4n) is 1.98. The second kappa shape index (κ2) is 6.72. The number of ether oxygens (including phenoxy) is 2. The standard InChI is InChI=1S/C14H23NO5/c1-5-19-12(17)10-6-8-15(9-7-11(10)16)13(18)20-14(2,3)4/h10H,5-9H2,1-4H3/t10-/m0/s1. The van der Waals surface area contributed by atoms with Crippen molar-refractivity contribution in [1.82, 2.24) is 4.90 Å². The Morgan fingerprint density at radius 3 is 2.50 bits per heavy atom. The van der Waals surface area contributed by atoms with Crippen molar-refractivity contribution in [2.75, 3.05) is 19.7 Å². The average Bonchev–Trinajstić information content (AvgIpc) is 2.49. The maximum Gasteiger partial charge on any atom is 0.410 e. The normalized spacial score (nSPS) is 20.3. The summed E-state index contributed by atoms with van der Waals surface area (Å²) < 4.78 is 10.2. The Morgan fingerprint density at radius 2 is 1.95 bits per heavy atom. The van der Waals surface area contributed by atoms with Crippen molar-refractivity contribution >= 4 is 17.8 Å². The molecule has 1 fully saturated rings. The van der Waals surface area contributed by atoms with E-state index in [0.717, 1.165) is 0 Å². The van der Waals surface area contributed by atoms with Gasteiger partial charge in [-0.05, 0) is 34.1 Å². The summed E-state index contributed by atoms with van der Waals surface area (Å²) in [6, 6.07) is 0. The lowest BCUT2D eigenvalue weighted by Gasteiger charge is -2.26. The van der Waals surface area contributed by atoms with Crippen LogP contribution >= 0.6 is 0 Å². The van der Waals surface area contributed by atoms with E-state index in [4.69, 9.17) is 9.47 Å². The molecule has 114 valence electrons. The molecule has 0 aliphatic carbocycles. The number of hydrogen-bond acceptors (Lipinski definition) is 5. The Balaban J connectivity index is 2.64. The van der Waals surface area contributed by atoms with Crippen LogP contribution < -0.4 is 0 Å². The molecule has 0 bridgehead atoms. The first-order chi connectivity index (χ1) is 9.24. The van der Waals surface area contributed by atoms with Crippen LogP contribution in [-0.2, 0) is 19.1 Å². The Labute approximate surface area is 119 Å². The van der Waals surface area contributed by atoms with E-state index in [9.17, 15) is 14.4 Å². The summed E-state index contributed by atoms with van der Waals surface area (Å²) in [6.45, 7) is 7.91. The molecule has 1 rings (SSSR count). The zero-order chi connectivity index (χ0) is 15.3. The Kier molecular flexibility index (Phi) is 5.53. The maximum absolute atomic E-state index is 12.0. The van der Waals surface area contributed by atoms with E-state index in [2.05, 4.69) is 0 Å². The highest BCUT2D eigenvalue weighted by Gasteiger charge is 2.33. The number of nitrogens with zero attached hydrogens (tertiary/aromatic N) is 1. The summed E-state index contributed by atoms with van der Waals surface area (Å²) >= 11 is 0. The predicted molar refractivity (Wildman–Crippen MR) is 72.2 cm³/mol. The van der Waals surface area contributed by atoms with Gasteiger partial charge in [0.05, 0.1) is 6.61 Å². The number of hydrogen-bond donors (Lipinski definition) is 0. The van der Waals surface area contributed by atoms with Crippen LogP contribution in [0, 0.1) is 5.92 Å². The summed E-state index contributed by atoms with van der Waals surface area (Å²) in [5, 5.41) is 0. The average molecular weight is 285 g/mol. The first-order valence-electron chi connectivity index (χ1n) is 6.92. The molecule has 0 saturated carbocycles. The van der Waals surface area contributed by atoms with Crippen LogP contribution in [0.4, 0.5) is 4.79 Å². The molecule has 1 aliphatic rings. The highest BCUT2D eigenvalue weighted by Crippen LogP contribution is 2.18. The van der Waals surface area contributed by atoms with Gasteiger partial charge in [-0.2, -0.15) is 0 Å². The van der Waals surface area contributed by atoms with E-state index in [1.807, 2.05) is 0 Å². The molecule has 0 aromatic rings. The molecule has 1 atom stereocenters. The highest BCUT2D eigenvalue weighted by molar-refractivity contribution is 5.99. The van der Waals surface area contributed by atoms with Gasteiger partial charge in [-0.25, -0.2) is 4.79 Å².